The van der Waals surface area contributed by atoms with E-state index < -0.39 is 30.3 Å². The molecule has 2 rings (SSSR count). The largest absolute Gasteiger partial charge is 0.433 e. The lowest BCUT2D eigenvalue weighted by Crippen LogP contribution is -2.48. The van der Waals surface area contributed by atoms with Crippen LogP contribution in [0.25, 0.3) is 0 Å². The van der Waals surface area contributed by atoms with Crippen LogP contribution in [0.15, 0.2) is 30.3 Å². The van der Waals surface area contributed by atoms with Crippen LogP contribution in [0.3, 0.4) is 0 Å². The minimum absolute atomic E-state index is 0.145. The molecule has 0 bridgehead atoms. The summed E-state index contributed by atoms with van der Waals surface area (Å²) in [5.41, 5.74) is 0.657. The SMILES string of the molecule is CC(C)C[C@H](C)C(=O)N1[C@H](C(F)(F)F)OC[C@H]1c1ccccc1. The molecule has 23 heavy (non-hydrogen) atoms. The van der Waals surface area contributed by atoms with Crippen molar-refractivity contribution in [2.45, 2.75) is 45.6 Å². The zero-order valence-corrected chi connectivity index (χ0v) is 13.5. The van der Waals surface area contributed by atoms with Gasteiger partial charge in [0.25, 0.3) is 0 Å². The van der Waals surface area contributed by atoms with E-state index in [1.807, 2.05) is 13.8 Å². The summed E-state index contributed by atoms with van der Waals surface area (Å²) in [6.45, 7) is 5.42. The van der Waals surface area contributed by atoms with Crippen LogP contribution in [0.2, 0.25) is 0 Å². The zero-order chi connectivity index (χ0) is 17.2. The van der Waals surface area contributed by atoms with Gasteiger partial charge in [0.05, 0.1) is 12.6 Å². The van der Waals surface area contributed by atoms with Crippen LogP contribution in [-0.4, -0.2) is 29.8 Å². The van der Waals surface area contributed by atoms with Crippen molar-refractivity contribution in [3.63, 3.8) is 0 Å². The molecule has 3 nitrogen and oxygen atoms in total. The maximum absolute atomic E-state index is 13.3. The quantitative estimate of drug-likeness (QED) is 0.830. The number of hydrogen-bond donors (Lipinski definition) is 0. The number of rotatable bonds is 4. The van der Waals surface area contributed by atoms with Crippen molar-refractivity contribution >= 4 is 5.91 Å². The van der Waals surface area contributed by atoms with Gasteiger partial charge in [0, 0.05) is 5.92 Å². The fourth-order valence-corrected chi connectivity index (χ4v) is 3.02. The van der Waals surface area contributed by atoms with E-state index in [9.17, 15) is 18.0 Å². The van der Waals surface area contributed by atoms with E-state index in [1.54, 1.807) is 37.3 Å². The summed E-state index contributed by atoms with van der Waals surface area (Å²) in [5.74, 6) is -0.753. The molecule has 0 saturated carbocycles. The van der Waals surface area contributed by atoms with Crippen molar-refractivity contribution in [3.8, 4) is 0 Å². The molecule has 1 aliphatic heterocycles. The van der Waals surface area contributed by atoms with Crippen molar-refractivity contribution in [1.82, 2.24) is 4.90 Å². The first-order valence-electron chi connectivity index (χ1n) is 7.77. The van der Waals surface area contributed by atoms with Crippen LogP contribution in [0.1, 0.15) is 38.8 Å². The number of carbonyl (C=O) groups is 1. The highest BCUT2D eigenvalue weighted by Crippen LogP contribution is 2.39. The summed E-state index contributed by atoms with van der Waals surface area (Å²) in [7, 11) is 0. The minimum Gasteiger partial charge on any atom is -0.347 e. The van der Waals surface area contributed by atoms with E-state index >= 15 is 0 Å². The van der Waals surface area contributed by atoms with Gasteiger partial charge < -0.3 is 4.74 Å². The second-order valence-electron chi connectivity index (χ2n) is 6.43. The predicted molar refractivity (Wildman–Crippen MR) is 80.4 cm³/mol. The highest BCUT2D eigenvalue weighted by atomic mass is 19.4. The standard InChI is InChI=1S/C17H22F3NO2/c1-11(2)9-12(3)15(22)21-14(13-7-5-4-6-8-13)10-23-16(21)17(18,19)20/h4-8,11-12,14,16H,9-10H2,1-3H3/t12-,14-,16-/m0/s1. The molecule has 0 radical (unpaired) electrons. The maximum atomic E-state index is 13.3. The predicted octanol–water partition coefficient (Wildman–Crippen LogP) is 4.16. The lowest BCUT2D eigenvalue weighted by Gasteiger charge is -2.32. The summed E-state index contributed by atoms with van der Waals surface area (Å²) < 4.78 is 44.8. The van der Waals surface area contributed by atoms with Gasteiger partial charge in [0.2, 0.25) is 12.1 Å². The number of nitrogens with zero attached hydrogens (tertiary/aromatic N) is 1. The van der Waals surface area contributed by atoms with Crippen molar-refractivity contribution < 1.29 is 22.7 Å². The number of ether oxygens (including phenoxy) is 1. The second kappa shape index (κ2) is 6.91. The molecule has 1 aromatic carbocycles. The van der Waals surface area contributed by atoms with Gasteiger partial charge in [-0.2, -0.15) is 13.2 Å². The molecule has 0 spiro atoms. The highest BCUT2D eigenvalue weighted by Gasteiger charge is 2.53. The number of amides is 1. The van der Waals surface area contributed by atoms with Gasteiger partial charge in [-0.3, -0.25) is 9.69 Å². The summed E-state index contributed by atoms with van der Waals surface area (Å²) in [6.07, 6.45) is -6.23. The molecule has 0 N–H and O–H groups in total. The highest BCUT2D eigenvalue weighted by molar-refractivity contribution is 5.79. The number of halogens is 3. The first kappa shape index (κ1) is 17.8. The molecule has 1 saturated heterocycles. The van der Waals surface area contributed by atoms with Gasteiger partial charge in [-0.25, -0.2) is 0 Å². The summed E-state index contributed by atoms with van der Waals surface area (Å²) in [4.78, 5) is 13.5. The van der Waals surface area contributed by atoms with Crippen molar-refractivity contribution in [3.05, 3.63) is 35.9 Å². The van der Waals surface area contributed by atoms with E-state index in [4.69, 9.17) is 4.74 Å². The third kappa shape index (κ3) is 4.05. The van der Waals surface area contributed by atoms with E-state index in [1.165, 1.54) is 0 Å². The average Bonchev–Trinajstić information content (AvgIpc) is 2.91. The molecule has 0 unspecified atom stereocenters. The normalized spacial score (nSPS) is 23.3. The molecule has 1 aliphatic rings. The first-order valence-corrected chi connectivity index (χ1v) is 7.77. The van der Waals surface area contributed by atoms with Gasteiger partial charge in [0.15, 0.2) is 0 Å². The first-order chi connectivity index (χ1) is 10.7. The summed E-state index contributed by atoms with van der Waals surface area (Å²) in [6, 6.07) is 8.02. The molecule has 1 heterocycles. The Labute approximate surface area is 134 Å². The molecule has 0 aliphatic carbocycles. The number of alkyl halides is 3. The Morgan fingerprint density at radius 3 is 2.39 bits per heavy atom. The third-order valence-electron chi connectivity index (χ3n) is 3.97. The lowest BCUT2D eigenvalue weighted by atomic mass is 9.96. The Kier molecular flexibility index (Phi) is 5.34. The molecular formula is C17H22F3NO2. The van der Waals surface area contributed by atoms with Gasteiger partial charge in [0.1, 0.15) is 0 Å². The Morgan fingerprint density at radius 1 is 1.26 bits per heavy atom. The van der Waals surface area contributed by atoms with Crippen LogP contribution >= 0.6 is 0 Å². The van der Waals surface area contributed by atoms with Gasteiger partial charge in [-0.1, -0.05) is 51.1 Å². The molecular weight excluding hydrogens is 307 g/mol. The number of benzene rings is 1. The van der Waals surface area contributed by atoms with E-state index in [0.29, 0.717) is 12.0 Å². The Bertz CT molecular complexity index is 530. The smallest absolute Gasteiger partial charge is 0.347 e. The van der Waals surface area contributed by atoms with Crippen LogP contribution < -0.4 is 0 Å². The summed E-state index contributed by atoms with van der Waals surface area (Å²) in [5, 5.41) is 0. The van der Waals surface area contributed by atoms with Crippen LogP contribution in [0.5, 0.6) is 0 Å². The van der Waals surface area contributed by atoms with Crippen LogP contribution in [0, 0.1) is 11.8 Å². The van der Waals surface area contributed by atoms with E-state index in [-0.39, 0.29) is 12.5 Å². The fourth-order valence-electron chi connectivity index (χ4n) is 3.02. The molecule has 1 amide bonds. The van der Waals surface area contributed by atoms with Gasteiger partial charge in [-0.15, -0.1) is 0 Å². The van der Waals surface area contributed by atoms with Gasteiger partial charge >= 0.3 is 6.18 Å². The average molecular weight is 329 g/mol. The minimum atomic E-state index is -4.60. The molecule has 1 aromatic rings. The van der Waals surface area contributed by atoms with E-state index in [2.05, 4.69) is 0 Å². The Hall–Kier alpha value is -1.56. The molecule has 128 valence electrons. The molecule has 3 atom stereocenters. The Balaban J connectivity index is 2.31. The fraction of sp³-hybridized carbons (Fsp3) is 0.588. The topological polar surface area (TPSA) is 29.5 Å². The van der Waals surface area contributed by atoms with Crippen molar-refractivity contribution in [2.75, 3.05) is 6.61 Å². The number of hydrogen-bond acceptors (Lipinski definition) is 2. The van der Waals surface area contributed by atoms with Crippen molar-refractivity contribution in [2.24, 2.45) is 11.8 Å². The molecule has 1 fully saturated rings. The monoisotopic (exact) mass is 329 g/mol. The molecule has 0 aromatic heterocycles. The van der Waals surface area contributed by atoms with Gasteiger partial charge in [-0.05, 0) is 17.9 Å². The van der Waals surface area contributed by atoms with Crippen molar-refractivity contribution in [1.29, 1.82) is 0 Å². The summed E-state index contributed by atoms with van der Waals surface area (Å²) >= 11 is 0. The second-order valence-corrected chi connectivity index (χ2v) is 6.43. The van der Waals surface area contributed by atoms with E-state index in [0.717, 1.165) is 4.90 Å². The third-order valence-corrected chi connectivity index (χ3v) is 3.97. The van der Waals surface area contributed by atoms with Crippen LogP contribution in [0.4, 0.5) is 13.2 Å². The lowest BCUT2D eigenvalue weighted by molar-refractivity contribution is -0.240. The Morgan fingerprint density at radius 2 is 1.87 bits per heavy atom. The number of carbonyl (C=O) groups excluding carboxylic acids is 1. The maximum Gasteiger partial charge on any atom is 0.433 e. The van der Waals surface area contributed by atoms with Crippen LogP contribution in [-0.2, 0) is 9.53 Å². The zero-order valence-electron chi connectivity index (χ0n) is 13.5. The molecule has 6 heteroatoms.